The van der Waals surface area contributed by atoms with Crippen LogP contribution in [0, 0.1) is 0 Å². The molecule has 0 aliphatic carbocycles. The molecule has 11 heteroatoms. The van der Waals surface area contributed by atoms with E-state index >= 15 is 0 Å². The number of aromatic carboxylic acids is 1. The molecule has 1 aliphatic heterocycles. The van der Waals surface area contributed by atoms with Gasteiger partial charge in [-0.3, -0.25) is 4.79 Å². The molecule has 0 saturated carbocycles. The van der Waals surface area contributed by atoms with Crippen molar-refractivity contribution < 1.29 is 28.2 Å². The van der Waals surface area contributed by atoms with Gasteiger partial charge in [-0.2, -0.15) is 8.78 Å². The standard InChI is InChI=1S/C18H19F2N3O4S2/c19-17(20)27-11-3-1-10(2-4-11)15(21)13-5-6-14(24)23(13)7-8-28-18-22-12(9-29-18)16(25)26/h1-4,9,13,15,17H,5-8,21H2,(H,25,26)/t13-,15?/m1/s1. The normalized spacial score (nSPS) is 17.7. The van der Waals surface area contributed by atoms with Crippen molar-refractivity contribution in [2.75, 3.05) is 12.3 Å². The molecular weight excluding hydrogens is 424 g/mol. The van der Waals surface area contributed by atoms with Gasteiger partial charge < -0.3 is 20.5 Å². The average Bonchev–Trinajstić information content (AvgIpc) is 3.29. The number of carbonyl (C=O) groups is 2. The number of thiazole rings is 1. The first-order valence-electron chi connectivity index (χ1n) is 8.76. The molecule has 1 aromatic carbocycles. The Morgan fingerprint density at radius 2 is 2.14 bits per heavy atom. The summed E-state index contributed by atoms with van der Waals surface area (Å²) in [6.07, 6.45) is 1.01. The first-order valence-corrected chi connectivity index (χ1v) is 10.6. The van der Waals surface area contributed by atoms with Gasteiger partial charge in [0.2, 0.25) is 5.91 Å². The Labute approximate surface area is 173 Å². The maximum Gasteiger partial charge on any atom is 0.387 e. The maximum absolute atomic E-state index is 12.3. The molecule has 1 aromatic heterocycles. The van der Waals surface area contributed by atoms with Crippen molar-refractivity contribution in [3.8, 4) is 5.75 Å². The summed E-state index contributed by atoms with van der Waals surface area (Å²) in [5.74, 6) is -0.452. The Hall–Kier alpha value is -2.24. The molecule has 0 spiro atoms. The number of nitrogens with two attached hydrogens (primary N) is 1. The van der Waals surface area contributed by atoms with Gasteiger partial charge in [-0.25, -0.2) is 9.78 Å². The minimum absolute atomic E-state index is 0.00826. The van der Waals surface area contributed by atoms with E-state index in [4.69, 9.17) is 10.8 Å². The fourth-order valence-electron chi connectivity index (χ4n) is 3.17. The van der Waals surface area contributed by atoms with Gasteiger partial charge >= 0.3 is 12.6 Å². The summed E-state index contributed by atoms with van der Waals surface area (Å²) < 4.78 is 29.5. The van der Waals surface area contributed by atoms with Gasteiger partial charge in [0.1, 0.15) is 5.75 Å². The minimum Gasteiger partial charge on any atom is -0.476 e. The van der Waals surface area contributed by atoms with E-state index in [9.17, 15) is 18.4 Å². The first kappa shape index (κ1) is 21.5. The lowest BCUT2D eigenvalue weighted by atomic mass is 9.98. The lowest BCUT2D eigenvalue weighted by Crippen LogP contribution is -2.41. The second-order valence-corrected chi connectivity index (χ2v) is 8.52. The van der Waals surface area contributed by atoms with Gasteiger partial charge in [0.25, 0.3) is 0 Å². The van der Waals surface area contributed by atoms with Crippen LogP contribution in [0.15, 0.2) is 34.0 Å². The van der Waals surface area contributed by atoms with E-state index in [1.807, 2.05) is 0 Å². The smallest absolute Gasteiger partial charge is 0.387 e. The largest absolute Gasteiger partial charge is 0.476 e. The van der Waals surface area contributed by atoms with Crippen molar-refractivity contribution in [2.45, 2.75) is 35.9 Å². The van der Waals surface area contributed by atoms with E-state index in [1.54, 1.807) is 17.0 Å². The third-order valence-electron chi connectivity index (χ3n) is 4.54. The van der Waals surface area contributed by atoms with Crippen LogP contribution >= 0.6 is 23.1 Å². The van der Waals surface area contributed by atoms with Crippen LogP contribution in [-0.4, -0.2) is 51.8 Å². The van der Waals surface area contributed by atoms with Crippen LogP contribution in [-0.2, 0) is 4.79 Å². The van der Waals surface area contributed by atoms with Crippen molar-refractivity contribution in [3.05, 3.63) is 40.9 Å². The molecule has 0 bridgehead atoms. The predicted molar refractivity (Wildman–Crippen MR) is 105 cm³/mol. The van der Waals surface area contributed by atoms with Crippen molar-refractivity contribution in [2.24, 2.45) is 5.73 Å². The van der Waals surface area contributed by atoms with Crippen molar-refractivity contribution in [3.63, 3.8) is 0 Å². The summed E-state index contributed by atoms with van der Waals surface area (Å²) in [7, 11) is 0. The zero-order valence-electron chi connectivity index (χ0n) is 15.2. The average molecular weight is 443 g/mol. The van der Waals surface area contributed by atoms with E-state index < -0.39 is 18.6 Å². The summed E-state index contributed by atoms with van der Waals surface area (Å²) in [6, 6.07) is 5.46. The van der Waals surface area contributed by atoms with Crippen LogP contribution in [0.3, 0.4) is 0 Å². The number of halogens is 2. The lowest BCUT2D eigenvalue weighted by molar-refractivity contribution is -0.128. The van der Waals surface area contributed by atoms with E-state index in [0.717, 1.165) is 5.56 Å². The Bertz CT molecular complexity index is 863. The van der Waals surface area contributed by atoms with Crippen molar-refractivity contribution in [1.29, 1.82) is 0 Å². The number of amides is 1. The molecule has 3 rings (SSSR count). The molecule has 0 radical (unpaired) electrons. The van der Waals surface area contributed by atoms with Crippen LogP contribution in [0.5, 0.6) is 5.75 Å². The number of thioether (sulfide) groups is 1. The van der Waals surface area contributed by atoms with Crippen LogP contribution < -0.4 is 10.5 Å². The molecule has 2 atom stereocenters. The van der Waals surface area contributed by atoms with Gasteiger partial charge in [0, 0.05) is 24.1 Å². The molecule has 2 aromatic rings. The summed E-state index contributed by atoms with van der Waals surface area (Å²) in [5, 5.41) is 10.4. The van der Waals surface area contributed by atoms with Gasteiger partial charge in [0.05, 0.1) is 12.1 Å². The molecule has 7 nitrogen and oxygen atoms in total. The highest BCUT2D eigenvalue weighted by molar-refractivity contribution is 8.01. The summed E-state index contributed by atoms with van der Waals surface area (Å²) >= 11 is 2.63. The van der Waals surface area contributed by atoms with E-state index in [0.29, 0.717) is 29.5 Å². The number of likely N-dealkylation sites (tertiary alicyclic amines) is 1. The fraction of sp³-hybridized carbons (Fsp3) is 0.389. The van der Waals surface area contributed by atoms with Crippen molar-refractivity contribution >= 4 is 35.0 Å². The van der Waals surface area contributed by atoms with E-state index in [1.165, 1.54) is 40.6 Å². The van der Waals surface area contributed by atoms with Crippen molar-refractivity contribution in [1.82, 2.24) is 9.88 Å². The number of hydrogen-bond acceptors (Lipinski definition) is 7. The molecular formula is C18H19F2N3O4S2. The Kier molecular flexibility index (Phi) is 7.04. The Balaban J connectivity index is 1.59. The third kappa shape index (κ3) is 5.43. The molecule has 1 aliphatic rings. The fourth-order valence-corrected chi connectivity index (χ4v) is 4.98. The Morgan fingerprint density at radius 3 is 2.76 bits per heavy atom. The monoisotopic (exact) mass is 443 g/mol. The number of rotatable bonds is 9. The Morgan fingerprint density at radius 1 is 1.41 bits per heavy atom. The number of benzene rings is 1. The maximum atomic E-state index is 12.3. The summed E-state index contributed by atoms with van der Waals surface area (Å²) in [4.78, 5) is 28.9. The van der Waals surface area contributed by atoms with Gasteiger partial charge in [-0.05, 0) is 24.1 Å². The van der Waals surface area contributed by atoms with Gasteiger partial charge in [0.15, 0.2) is 10.0 Å². The number of nitrogens with zero attached hydrogens (tertiary/aromatic N) is 2. The number of alkyl halides is 2. The number of hydrogen-bond donors (Lipinski definition) is 2. The molecule has 29 heavy (non-hydrogen) atoms. The second-order valence-electron chi connectivity index (χ2n) is 6.32. The van der Waals surface area contributed by atoms with Gasteiger partial charge in [-0.15, -0.1) is 11.3 Å². The van der Waals surface area contributed by atoms with E-state index in [-0.39, 0.29) is 23.4 Å². The van der Waals surface area contributed by atoms with Crippen LogP contribution in [0.25, 0.3) is 0 Å². The lowest BCUT2D eigenvalue weighted by Gasteiger charge is -2.29. The molecule has 156 valence electrons. The molecule has 1 fully saturated rings. The molecule has 1 unspecified atom stereocenters. The SMILES string of the molecule is NC(c1ccc(OC(F)F)cc1)[C@H]1CCC(=O)N1CCSc1nc(C(=O)O)cs1. The number of carboxylic acids is 1. The van der Waals surface area contributed by atoms with Crippen LogP contribution in [0.1, 0.15) is 34.9 Å². The summed E-state index contributed by atoms with van der Waals surface area (Å²) in [6.45, 7) is -2.43. The van der Waals surface area contributed by atoms with Crippen LogP contribution in [0.2, 0.25) is 0 Å². The minimum atomic E-state index is -2.89. The quantitative estimate of drug-likeness (QED) is 0.573. The number of carbonyl (C=O) groups excluding carboxylic acids is 1. The molecule has 1 saturated heterocycles. The number of carboxylic acid groups (broad SMARTS) is 1. The highest BCUT2D eigenvalue weighted by Gasteiger charge is 2.35. The van der Waals surface area contributed by atoms with Crippen LogP contribution in [0.4, 0.5) is 8.78 Å². The highest BCUT2D eigenvalue weighted by atomic mass is 32.2. The third-order valence-corrected chi connectivity index (χ3v) is 6.54. The van der Waals surface area contributed by atoms with Gasteiger partial charge in [-0.1, -0.05) is 23.9 Å². The van der Waals surface area contributed by atoms with E-state index in [2.05, 4.69) is 9.72 Å². The molecule has 2 heterocycles. The second kappa shape index (κ2) is 9.51. The molecule has 1 amide bonds. The summed E-state index contributed by atoms with van der Waals surface area (Å²) in [5.41, 5.74) is 7.10. The number of aromatic nitrogens is 1. The highest BCUT2D eigenvalue weighted by Crippen LogP contribution is 2.31. The first-order chi connectivity index (χ1) is 13.8. The number of ether oxygens (including phenoxy) is 1. The zero-order valence-corrected chi connectivity index (χ0v) is 16.8. The molecule has 3 N–H and O–H groups in total. The topological polar surface area (TPSA) is 106 Å². The zero-order chi connectivity index (χ0) is 21.0. The predicted octanol–water partition coefficient (Wildman–Crippen LogP) is 3.23.